The third kappa shape index (κ3) is 4.40. The molecule has 2 heterocycles. The van der Waals surface area contributed by atoms with Crippen LogP contribution in [0.2, 0.25) is 5.02 Å². The Morgan fingerprint density at radius 2 is 1.72 bits per heavy atom. The summed E-state index contributed by atoms with van der Waals surface area (Å²) in [5.41, 5.74) is 2.90. The molecule has 0 bridgehead atoms. The molecule has 0 fully saturated rings. The topological polar surface area (TPSA) is 86.7 Å². The predicted octanol–water partition coefficient (Wildman–Crippen LogP) is 5.11. The van der Waals surface area contributed by atoms with E-state index in [4.69, 9.17) is 11.6 Å². The number of aromatic carboxylic acids is 1. The Morgan fingerprint density at radius 3 is 2.34 bits per heavy atom. The number of carbonyl (C=O) groups excluding carboxylic acids is 2. The van der Waals surface area contributed by atoms with Crippen molar-refractivity contribution in [3.8, 4) is 0 Å². The van der Waals surface area contributed by atoms with E-state index in [1.807, 2.05) is 19.1 Å². The van der Waals surface area contributed by atoms with Crippen LogP contribution in [0.3, 0.4) is 0 Å². The lowest BCUT2D eigenvalue weighted by Gasteiger charge is -2.27. The summed E-state index contributed by atoms with van der Waals surface area (Å²) in [6, 6.07) is 13.9. The predicted molar refractivity (Wildman–Crippen MR) is 125 cm³/mol. The van der Waals surface area contributed by atoms with E-state index in [-0.39, 0.29) is 17.4 Å². The molecule has 3 aromatic rings. The molecule has 2 amide bonds. The van der Waals surface area contributed by atoms with Crippen LogP contribution in [0.15, 0.2) is 48.5 Å². The first kappa shape index (κ1) is 22.0. The van der Waals surface area contributed by atoms with Crippen molar-refractivity contribution < 1.29 is 19.5 Å². The molecule has 1 aromatic heterocycles. The summed E-state index contributed by atoms with van der Waals surface area (Å²) in [4.78, 5) is 40.0. The fourth-order valence-corrected chi connectivity index (χ4v) is 5.11. The molecular formula is C24H21ClN2O4S. The number of halogens is 1. The molecule has 0 aliphatic carbocycles. The highest BCUT2D eigenvalue weighted by Crippen LogP contribution is 2.37. The van der Waals surface area contributed by atoms with Gasteiger partial charge in [-0.25, -0.2) is 4.79 Å². The van der Waals surface area contributed by atoms with Crippen molar-refractivity contribution >= 4 is 45.7 Å². The van der Waals surface area contributed by atoms with E-state index in [1.54, 1.807) is 41.3 Å². The fraction of sp³-hybridized carbons (Fsp3) is 0.208. The molecule has 164 valence electrons. The van der Waals surface area contributed by atoms with Crippen molar-refractivity contribution in [1.29, 1.82) is 0 Å². The number of carboxylic acids is 1. The number of hydrogen-bond acceptors (Lipinski definition) is 4. The Balaban J connectivity index is 1.57. The fourth-order valence-electron chi connectivity index (χ4n) is 3.73. The van der Waals surface area contributed by atoms with Crippen LogP contribution in [-0.2, 0) is 19.4 Å². The van der Waals surface area contributed by atoms with Crippen LogP contribution < -0.4 is 5.32 Å². The summed E-state index contributed by atoms with van der Waals surface area (Å²) in [7, 11) is 0. The number of hydrogen-bond donors (Lipinski definition) is 2. The van der Waals surface area contributed by atoms with E-state index in [9.17, 15) is 19.5 Å². The van der Waals surface area contributed by atoms with Gasteiger partial charge in [-0.3, -0.25) is 9.59 Å². The normalized spacial score (nSPS) is 12.9. The Bertz CT molecular complexity index is 1190. The van der Waals surface area contributed by atoms with Crippen molar-refractivity contribution in [2.75, 3.05) is 11.9 Å². The number of thiophene rings is 1. The van der Waals surface area contributed by atoms with Gasteiger partial charge in [-0.2, -0.15) is 0 Å². The molecular weight excluding hydrogens is 448 g/mol. The standard InChI is InChI=1S/C24H21ClN2O4S/c1-2-14-3-5-15(6-4-14)21(28)26-22-20(24(30)31)18-11-12-27(13-19(18)32-22)23(29)16-7-9-17(25)10-8-16/h3-10H,2,11-13H2,1H3,(H,26,28)(H,30,31). The van der Waals surface area contributed by atoms with E-state index < -0.39 is 5.97 Å². The molecule has 2 aromatic carbocycles. The first-order valence-corrected chi connectivity index (χ1v) is 11.4. The van der Waals surface area contributed by atoms with Gasteiger partial charge in [0.05, 0.1) is 12.1 Å². The van der Waals surface area contributed by atoms with Crippen LogP contribution in [0, 0.1) is 0 Å². The summed E-state index contributed by atoms with van der Waals surface area (Å²) in [6.07, 6.45) is 1.28. The van der Waals surface area contributed by atoms with E-state index in [2.05, 4.69) is 5.32 Å². The lowest BCUT2D eigenvalue weighted by molar-refractivity contribution is 0.0696. The van der Waals surface area contributed by atoms with Gasteiger partial charge < -0.3 is 15.3 Å². The summed E-state index contributed by atoms with van der Waals surface area (Å²) >= 11 is 7.12. The summed E-state index contributed by atoms with van der Waals surface area (Å²) in [5.74, 6) is -1.58. The van der Waals surface area contributed by atoms with Gasteiger partial charge in [-0.1, -0.05) is 30.7 Å². The second kappa shape index (κ2) is 9.14. The number of amides is 2. The van der Waals surface area contributed by atoms with Gasteiger partial charge in [0.25, 0.3) is 11.8 Å². The van der Waals surface area contributed by atoms with Crippen LogP contribution in [0.25, 0.3) is 0 Å². The number of fused-ring (bicyclic) bond motifs is 1. The Labute approximate surface area is 194 Å². The lowest BCUT2D eigenvalue weighted by Crippen LogP contribution is -2.35. The molecule has 0 radical (unpaired) electrons. The third-order valence-corrected chi connectivity index (χ3v) is 6.88. The average molecular weight is 469 g/mol. The van der Waals surface area contributed by atoms with Crippen molar-refractivity contribution in [1.82, 2.24) is 4.90 Å². The maximum absolute atomic E-state index is 12.9. The Morgan fingerprint density at radius 1 is 1.06 bits per heavy atom. The van der Waals surface area contributed by atoms with Crippen molar-refractivity contribution in [3.63, 3.8) is 0 Å². The Kier molecular flexibility index (Phi) is 6.30. The number of nitrogens with zero attached hydrogens (tertiary/aromatic N) is 1. The molecule has 0 atom stereocenters. The van der Waals surface area contributed by atoms with E-state index in [0.29, 0.717) is 46.2 Å². The first-order chi connectivity index (χ1) is 15.4. The summed E-state index contributed by atoms with van der Waals surface area (Å²) < 4.78 is 0. The van der Waals surface area contributed by atoms with Crippen LogP contribution in [0.1, 0.15) is 54.0 Å². The minimum Gasteiger partial charge on any atom is -0.478 e. The summed E-state index contributed by atoms with van der Waals surface area (Å²) in [6.45, 7) is 2.73. The number of rotatable bonds is 5. The second-order valence-electron chi connectivity index (χ2n) is 7.50. The van der Waals surface area contributed by atoms with Gasteiger partial charge in [0.15, 0.2) is 0 Å². The van der Waals surface area contributed by atoms with E-state index in [1.165, 1.54) is 11.3 Å². The highest BCUT2D eigenvalue weighted by Gasteiger charge is 2.30. The van der Waals surface area contributed by atoms with Crippen molar-refractivity contribution in [3.05, 3.63) is 86.2 Å². The zero-order chi connectivity index (χ0) is 22.8. The first-order valence-electron chi connectivity index (χ1n) is 10.2. The zero-order valence-corrected chi connectivity index (χ0v) is 18.9. The molecule has 0 saturated heterocycles. The maximum atomic E-state index is 12.9. The smallest absolute Gasteiger partial charge is 0.339 e. The number of anilines is 1. The molecule has 0 spiro atoms. The Hall–Kier alpha value is -3.16. The zero-order valence-electron chi connectivity index (χ0n) is 17.4. The lowest BCUT2D eigenvalue weighted by atomic mass is 10.0. The second-order valence-corrected chi connectivity index (χ2v) is 9.04. The van der Waals surface area contributed by atoms with Gasteiger partial charge in [0, 0.05) is 27.6 Å². The number of carbonyl (C=O) groups is 3. The number of nitrogens with one attached hydrogen (secondary N) is 1. The molecule has 2 N–H and O–H groups in total. The highest BCUT2D eigenvalue weighted by molar-refractivity contribution is 7.17. The van der Waals surface area contributed by atoms with Gasteiger partial charge in [-0.15, -0.1) is 11.3 Å². The molecule has 1 aliphatic rings. The molecule has 0 unspecified atom stereocenters. The number of carboxylic acid groups (broad SMARTS) is 1. The van der Waals surface area contributed by atoms with E-state index in [0.717, 1.165) is 16.9 Å². The quantitative estimate of drug-likeness (QED) is 0.544. The monoisotopic (exact) mass is 468 g/mol. The molecule has 8 heteroatoms. The van der Waals surface area contributed by atoms with Crippen LogP contribution in [0.5, 0.6) is 0 Å². The van der Waals surface area contributed by atoms with Gasteiger partial charge in [-0.05, 0) is 60.4 Å². The SMILES string of the molecule is CCc1ccc(C(=O)Nc2sc3c(c2C(=O)O)CCN(C(=O)c2ccc(Cl)cc2)C3)cc1. The minimum absolute atomic E-state index is 0.113. The largest absolute Gasteiger partial charge is 0.478 e. The van der Waals surface area contributed by atoms with E-state index >= 15 is 0 Å². The van der Waals surface area contributed by atoms with Crippen LogP contribution in [-0.4, -0.2) is 34.3 Å². The van der Waals surface area contributed by atoms with Gasteiger partial charge in [0.1, 0.15) is 5.00 Å². The van der Waals surface area contributed by atoms with Crippen molar-refractivity contribution in [2.45, 2.75) is 26.3 Å². The minimum atomic E-state index is -1.09. The molecule has 4 rings (SSSR count). The van der Waals surface area contributed by atoms with Crippen LogP contribution in [0.4, 0.5) is 5.00 Å². The molecule has 6 nitrogen and oxygen atoms in total. The van der Waals surface area contributed by atoms with Crippen LogP contribution >= 0.6 is 22.9 Å². The molecule has 0 saturated carbocycles. The molecule has 32 heavy (non-hydrogen) atoms. The van der Waals surface area contributed by atoms with Gasteiger partial charge >= 0.3 is 5.97 Å². The highest BCUT2D eigenvalue weighted by atomic mass is 35.5. The third-order valence-electron chi connectivity index (χ3n) is 5.50. The summed E-state index contributed by atoms with van der Waals surface area (Å²) in [5, 5.41) is 13.4. The number of benzene rings is 2. The number of aryl methyl sites for hydroxylation is 1. The maximum Gasteiger partial charge on any atom is 0.339 e. The average Bonchev–Trinajstić information content (AvgIpc) is 3.16. The van der Waals surface area contributed by atoms with Crippen molar-refractivity contribution in [2.24, 2.45) is 0 Å². The molecule has 1 aliphatic heterocycles. The van der Waals surface area contributed by atoms with Gasteiger partial charge in [0.2, 0.25) is 0 Å².